The maximum Gasteiger partial charge on any atom is 0.114 e. The van der Waals surface area contributed by atoms with Gasteiger partial charge in [0.1, 0.15) is 5.82 Å². The molecule has 0 aliphatic heterocycles. The molecule has 0 N–H and O–H groups in total. The summed E-state index contributed by atoms with van der Waals surface area (Å²) in [6.45, 7) is 0. The molecule has 0 spiro atoms. The number of nitrogens with zero attached hydrogens (tertiary/aromatic N) is 2. The molecule has 2 heterocycles. The van der Waals surface area contributed by atoms with Crippen LogP contribution in [0.5, 0.6) is 0 Å². The SMILES string of the molecule is Fc1ccnc(-c2[c-]cccn2)c1.[Ir]. The van der Waals surface area contributed by atoms with Crippen LogP contribution in [0.15, 0.2) is 36.7 Å². The second-order valence-corrected chi connectivity index (χ2v) is 2.49. The van der Waals surface area contributed by atoms with Crippen LogP contribution in [0.1, 0.15) is 0 Å². The second kappa shape index (κ2) is 4.94. The molecule has 0 aromatic carbocycles. The zero-order chi connectivity index (χ0) is 9.10. The minimum atomic E-state index is -0.316. The van der Waals surface area contributed by atoms with E-state index in [1.807, 2.05) is 0 Å². The van der Waals surface area contributed by atoms with E-state index in [1.54, 1.807) is 18.3 Å². The van der Waals surface area contributed by atoms with Crippen LogP contribution in [0.25, 0.3) is 11.4 Å². The molecule has 0 atom stereocenters. The Hall–Kier alpha value is -1.12. The maximum atomic E-state index is 12.8. The Labute approximate surface area is 94.6 Å². The van der Waals surface area contributed by atoms with E-state index in [-0.39, 0.29) is 25.9 Å². The van der Waals surface area contributed by atoms with Crippen LogP contribution < -0.4 is 0 Å². The van der Waals surface area contributed by atoms with Gasteiger partial charge in [0.25, 0.3) is 0 Å². The van der Waals surface area contributed by atoms with Crippen molar-refractivity contribution < 1.29 is 24.5 Å². The molecule has 2 aromatic rings. The van der Waals surface area contributed by atoms with Crippen molar-refractivity contribution in [2.45, 2.75) is 0 Å². The van der Waals surface area contributed by atoms with Gasteiger partial charge in [0, 0.05) is 26.3 Å². The summed E-state index contributed by atoms with van der Waals surface area (Å²) in [5.41, 5.74) is 1.06. The summed E-state index contributed by atoms with van der Waals surface area (Å²) in [6, 6.07) is 8.97. The van der Waals surface area contributed by atoms with Crippen LogP contribution in [-0.4, -0.2) is 9.97 Å². The predicted octanol–water partition coefficient (Wildman–Crippen LogP) is 2.08. The van der Waals surface area contributed by atoms with Crippen LogP contribution in [0.3, 0.4) is 0 Å². The molecule has 0 saturated carbocycles. The van der Waals surface area contributed by atoms with E-state index in [0.717, 1.165) is 0 Å². The quantitative estimate of drug-likeness (QED) is 0.724. The molecular weight excluding hydrogens is 359 g/mol. The Morgan fingerprint density at radius 3 is 2.71 bits per heavy atom. The van der Waals surface area contributed by atoms with E-state index in [1.165, 1.54) is 18.3 Å². The third-order valence-electron chi connectivity index (χ3n) is 1.57. The minimum absolute atomic E-state index is 0. The Bertz CT molecular complexity index is 406. The molecule has 0 amide bonds. The van der Waals surface area contributed by atoms with Crippen molar-refractivity contribution in [2.24, 2.45) is 0 Å². The summed E-state index contributed by atoms with van der Waals surface area (Å²) in [7, 11) is 0. The first-order valence-corrected chi connectivity index (χ1v) is 3.81. The summed E-state index contributed by atoms with van der Waals surface area (Å²) in [5.74, 6) is -0.316. The Balaban J connectivity index is 0.000000980. The molecule has 0 unspecified atom stereocenters. The van der Waals surface area contributed by atoms with Crippen molar-refractivity contribution in [3.8, 4) is 11.4 Å². The third kappa shape index (κ3) is 2.44. The number of halogens is 1. The van der Waals surface area contributed by atoms with Crippen LogP contribution >= 0.6 is 0 Å². The van der Waals surface area contributed by atoms with Crippen molar-refractivity contribution in [3.05, 3.63) is 48.5 Å². The number of rotatable bonds is 1. The van der Waals surface area contributed by atoms with Crippen LogP contribution in [0.2, 0.25) is 0 Å². The van der Waals surface area contributed by atoms with Gasteiger partial charge in [0.05, 0.1) is 0 Å². The standard InChI is InChI=1S/C10H6FN2.Ir/c11-8-4-6-13-10(7-8)9-3-1-2-5-12-9;/h1-2,4-7H;/q-1;. The predicted molar refractivity (Wildman–Crippen MR) is 46.3 cm³/mol. The first-order chi connectivity index (χ1) is 6.36. The molecule has 0 aliphatic rings. The number of hydrogen-bond acceptors (Lipinski definition) is 2. The summed E-state index contributed by atoms with van der Waals surface area (Å²) >= 11 is 0. The van der Waals surface area contributed by atoms with Crippen molar-refractivity contribution in [1.82, 2.24) is 9.97 Å². The zero-order valence-electron chi connectivity index (χ0n) is 7.07. The van der Waals surface area contributed by atoms with Crippen molar-refractivity contribution in [1.29, 1.82) is 0 Å². The minimum Gasteiger partial charge on any atom is -0.318 e. The molecular formula is C10H6FIrN2-. The zero-order valence-corrected chi connectivity index (χ0v) is 9.46. The molecule has 4 heteroatoms. The first kappa shape index (κ1) is 11.0. The van der Waals surface area contributed by atoms with E-state index in [2.05, 4.69) is 16.0 Å². The molecule has 73 valence electrons. The van der Waals surface area contributed by atoms with E-state index >= 15 is 0 Å². The molecule has 2 aromatic heterocycles. The molecule has 0 aliphatic carbocycles. The molecule has 0 fully saturated rings. The van der Waals surface area contributed by atoms with Crippen LogP contribution in [0, 0.1) is 11.9 Å². The number of hydrogen-bond donors (Lipinski definition) is 0. The fraction of sp³-hybridized carbons (Fsp3) is 0. The van der Waals surface area contributed by atoms with Gasteiger partial charge in [-0.25, -0.2) is 4.39 Å². The van der Waals surface area contributed by atoms with Crippen LogP contribution in [-0.2, 0) is 20.1 Å². The van der Waals surface area contributed by atoms with Gasteiger partial charge in [-0.1, -0.05) is 6.07 Å². The van der Waals surface area contributed by atoms with Gasteiger partial charge in [-0.3, -0.25) is 4.98 Å². The van der Waals surface area contributed by atoms with E-state index in [0.29, 0.717) is 11.4 Å². The number of pyridine rings is 2. The van der Waals surface area contributed by atoms with Gasteiger partial charge >= 0.3 is 0 Å². The van der Waals surface area contributed by atoms with Gasteiger partial charge in [-0.2, -0.15) is 12.1 Å². The number of aromatic nitrogens is 2. The molecule has 0 bridgehead atoms. The van der Waals surface area contributed by atoms with E-state index < -0.39 is 0 Å². The Morgan fingerprint density at radius 2 is 2.07 bits per heavy atom. The third-order valence-corrected chi connectivity index (χ3v) is 1.57. The Morgan fingerprint density at radius 1 is 1.21 bits per heavy atom. The summed E-state index contributed by atoms with van der Waals surface area (Å²) in [5, 5.41) is 0. The van der Waals surface area contributed by atoms with Crippen molar-refractivity contribution >= 4 is 0 Å². The monoisotopic (exact) mass is 366 g/mol. The average molecular weight is 365 g/mol. The summed E-state index contributed by atoms with van der Waals surface area (Å²) in [6.07, 6.45) is 3.03. The van der Waals surface area contributed by atoms with Gasteiger partial charge in [0.2, 0.25) is 0 Å². The van der Waals surface area contributed by atoms with Gasteiger partial charge < -0.3 is 4.98 Å². The fourth-order valence-electron chi connectivity index (χ4n) is 0.999. The van der Waals surface area contributed by atoms with E-state index in [9.17, 15) is 4.39 Å². The molecule has 0 saturated heterocycles. The molecule has 14 heavy (non-hydrogen) atoms. The maximum absolute atomic E-state index is 12.8. The van der Waals surface area contributed by atoms with Gasteiger partial charge in [0.15, 0.2) is 0 Å². The topological polar surface area (TPSA) is 25.8 Å². The fourth-order valence-corrected chi connectivity index (χ4v) is 0.999. The summed E-state index contributed by atoms with van der Waals surface area (Å²) < 4.78 is 12.8. The van der Waals surface area contributed by atoms with Crippen LogP contribution in [0.4, 0.5) is 4.39 Å². The smallest absolute Gasteiger partial charge is 0.114 e. The molecule has 2 rings (SSSR count). The largest absolute Gasteiger partial charge is 0.318 e. The normalized spacial score (nSPS) is 9.21. The van der Waals surface area contributed by atoms with Gasteiger partial charge in [-0.15, -0.1) is 6.07 Å². The van der Waals surface area contributed by atoms with Gasteiger partial charge in [-0.05, 0) is 23.7 Å². The van der Waals surface area contributed by atoms with Crippen molar-refractivity contribution in [3.63, 3.8) is 0 Å². The van der Waals surface area contributed by atoms with Crippen molar-refractivity contribution in [2.75, 3.05) is 0 Å². The molecule has 1 radical (unpaired) electrons. The Kier molecular flexibility index (Phi) is 3.86. The average Bonchev–Trinajstić information content (AvgIpc) is 2.19. The second-order valence-electron chi connectivity index (χ2n) is 2.49. The van der Waals surface area contributed by atoms with E-state index in [4.69, 9.17) is 0 Å². The first-order valence-electron chi connectivity index (χ1n) is 3.81. The molecule has 2 nitrogen and oxygen atoms in total. The summed E-state index contributed by atoms with van der Waals surface area (Å²) in [4.78, 5) is 7.98.